The molecule has 0 unspecified atom stereocenters. The molecule has 1 saturated heterocycles. The maximum Gasteiger partial charge on any atom is 0.410 e. The van der Waals surface area contributed by atoms with E-state index in [-0.39, 0.29) is 12.2 Å². The lowest BCUT2D eigenvalue weighted by Gasteiger charge is -2.39. The average Bonchev–Trinajstić information content (AvgIpc) is 3.31. The molecule has 0 radical (unpaired) electrons. The molecule has 4 aromatic rings. The van der Waals surface area contributed by atoms with Crippen LogP contribution in [0, 0.1) is 0 Å². The van der Waals surface area contributed by atoms with Gasteiger partial charge in [0.05, 0.1) is 18.8 Å². The Morgan fingerprint density at radius 3 is 2.58 bits per heavy atom. The molecule has 4 heterocycles. The summed E-state index contributed by atoms with van der Waals surface area (Å²) in [6.07, 6.45) is 6.90. The summed E-state index contributed by atoms with van der Waals surface area (Å²) in [5.41, 5.74) is 3.76. The first-order valence-corrected chi connectivity index (χ1v) is 12.6. The fourth-order valence-electron chi connectivity index (χ4n) is 3.98. The molecule has 0 atom stereocenters. The number of pyridine rings is 1. The Bertz CT molecular complexity index is 1390. The summed E-state index contributed by atoms with van der Waals surface area (Å²) in [5, 5.41) is 7.98. The number of benzene rings is 1. The molecule has 1 aliphatic heterocycles. The minimum Gasteiger partial charge on any atom is -0.487 e. The number of ether oxygens (including phenoxy) is 2. The van der Waals surface area contributed by atoms with Gasteiger partial charge in [-0.25, -0.2) is 14.8 Å². The number of aryl methyl sites for hydroxylation is 1. The first-order chi connectivity index (χ1) is 18.3. The molecule has 0 aliphatic carbocycles. The summed E-state index contributed by atoms with van der Waals surface area (Å²) in [6, 6.07) is 13.3. The molecule has 0 saturated carbocycles. The van der Waals surface area contributed by atoms with Crippen molar-refractivity contribution in [3.63, 3.8) is 0 Å². The number of rotatable bonds is 7. The van der Waals surface area contributed by atoms with Crippen molar-refractivity contribution < 1.29 is 14.3 Å². The summed E-state index contributed by atoms with van der Waals surface area (Å²) < 4.78 is 13.3. The predicted octanol–water partition coefficient (Wildman–Crippen LogP) is 5.16. The summed E-state index contributed by atoms with van der Waals surface area (Å²) in [6.45, 7) is 9.38. The second kappa shape index (κ2) is 10.5. The van der Waals surface area contributed by atoms with Gasteiger partial charge < -0.3 is 19.7 Å². The molecule has 0 bridgehead atoms. The number of hydrogen-bond donors (Lipinski definition) is 1. The van der Waals surface area contributed by atoms with Gasteiger partial charge in [0.1, 0.15) is 23.1 Å². The zero-order valence-corrected chi connectivity index (χ0v) is 22.0. The van der Waals surface area contributed by atoms with Crippen molar-refractivity contribution >= 4 is 17.7 Å². The van der Waals surface area contributed by atoms with E-state index in [0.717, 1.165) is 40.5 Å². The van der Waals surface area contributed by atoms with Crippen molar-refractivity contribution in [1.29, 1.82) is 0 Å². The van der Waals surface area contributed by atoms with Gasteiger partial charge in [-0.2, -0.15) is 5.10 Å². The quantitative estimate of drug-likeness (QED) is 0.361. The lowest BCUT2D eigenvalue weighted by Crippen LogP contribution is -2.57. The van der Waals surface area contributed by atoms with Crippen LogP contribution in [0.5, 0.6) is 5.75 Å². The van der Waals surface area contributed by atoms with Crippen molar-refractivity contribution in [3.8, 4) is 28.3 Å². The first kappa shape index (κ1) is 25.2. The maximum absolute atomic E-state index is 12.1. The van der Waals surface area contributed by atoms with Crippen molar-refractivity contribution in [2.75, 3.05) is 18.4 Å². The number of amides is 1. The Balaban J connectivity index is 1.23. The lowest BCUT2D eigenvalue weighted by molar-refractivity contribution is -0.0221. The third-order valence-electron chi connectivity index (χ3n) is 5.87. The molecule has 1 fully saturated rings. The highest BCUT2D eigenvalue weighted by Gasteiger charge is 2.35. The molecule has 1 amide bonds. The second-order valence-corrected chi connectivity index (χ2v) is 10.0. The number of carbonyl (C=O) groups is 1. The van der Waals surface area contributed by atoms with E-state index < -0.39 is 5.60 Å². The summed E-state index contributed by atoms with van der Waals surface area (Å²) in [7, 11) is 0. The minimum absolute atomic E-state index is 0.0561. The van der Waals surface area contributed by atoms with E-state index in [4.69, 9.17) is 19.6 Å². The Hall–Kier alpha value is -4.47. The van der Waals surface area contributed by atoms with Gasteiger partial charge in [0.2, 0.25) is 5.95 Å². The molecule has 1 N–H and O–H groups in total. The van der Waals surface area contributed by atoms with Gasteiger partial charge in [0, 0.05) is 48.1 Å². The normalized spacial score (nSPS) is 13.6. The maximum atomic E-state index is 12.1. The molecule has 196 valence electrons. The Kier molecular flexibility index (Phi) is 6.95. The first-order valence-electron chi connectivity index (χ1n) is 12.6. The summed E-state index contributed by atoms with van der Waals surface area (Å²) >= 11 is 0. The van der Waals surface area contributed by atoms with E-state index in [9.17, 15) is 4.79 Å². The van der Waals surface area contributed by atoms with Crippen molar-refractivity contribution in [1.82, 2.24) is 29.6 Å². The fraction of sp³-hybridized carbons (Fsp3) is 0.321. The smallest absolute Gasteiger partial charge is 0.410 e. The monoisotopic (exact) mass is 513 g/mol. The van der Waals surface area contributed by atoms with Crippen LogP contribution < -0.4 is 10.1 Å². The number of carbonyl (C=O) groups excluding carboxylic acids is 1. The molecular formula is C28H31N7O3. The van der Waals surface area contributed by atoms with E-state index in [0.29, 0.717) is 19.0 Å². The van der Waals surface area contributed by atoms with Gasteiger partial charge >= 0.3 is 6.09 Å². The molecule has 10 heteroatoms. The van der Waals surface area contributed by atoms with Gasteiger partial charge in [-0.05, 0) is 70.2 Å². The van der Waals surface area contributed by atoms with Crippen LogP contribution >= 0.6 is 0 Å². The van der Waals surface area contributed by atoms with Gasteiger partial charge in [0.15, 0.2) is 0 Å². The largest absolute Gasteiger partial charge is 0.487 e. The van der Waals surface area contributed by atoms with Crippen LogP contribution in [0.3, 0.4) is 0 Å². The van der Waals surface area contributed by atoms with Gasteiger partial charge in [0.25, 0.3) is 0 Å². The number of nitrogens with zero attached hydrogens (tertiary/aromatic N) is 6. The van der Waals surface area contributed by atoms with Gasteiger partial charge in [-0.3, -0.25) is 9.67 Å². The standard InChI is InChI=1S/C28H31N7O3/c1-5-35-18-23(25(33-35)19-7-6-13-29-15-19)24-12-14-30-26(32-24)31-20-8-10-21(11-9-20)37-22-16-34(17-22)27(36)38-28(2,3)4/h6-15,18,22H,5,16-17H2,1-4H3,(H,30,31,32). The third-order valence-corrected chi connectivity index (χ3v) is 5.87. The van der Waals surface area contributed by atoms with E-state index in [1.54, 1.807) is 23.5 Å². The molecule has 0 spiro atoms. The van der Waals surface area contributed by atoms with Crippen molar-refractivity contribution in [2.45, 2.75) is 45.9 Å². The predicted molar refractivity (Wildman–Crippen MR) is 144 cm³/mol. The Labute approximate surface area is 221 Å². The highest BCUT2D eigenvalue weighted by atomic mass is 16.6. The summed E-state index contributed by atoms with van der Waals surface area (Å²) in [4.78, 5) is 27.1. The summed E-state index contributed by atoms with van der Waals surface area (Å²) in [5.74, 6) is 1.21. The number of hydrogen-bond acceptors (Lipinski definition) is 8. The average molecular weight is 514 g/mol. The third kappa shape index (κ3) is 5.91. The molecule has 38 heavy (non-hydrogen) atoms. The van der Waals surface area contributed by atoms with Gasteiger partial charge in [-0.15, -0.1) is 0 Å². The molecule has 1 aromatic carbocycles. The van der Waals surface area contributed by atoms with Crippen molar-refractivity contribution in [2.24, 2.45) is 0 Å². The van der Waals surface area contributed by atoms with Crippen LogP contribution in [-0.2, 0) is 11.3 Å². The molecule has 1 aliphatic rings. The zero-order valence-electron chi connectivity index (χ0n) is 22.0. The van der Waals surface area contributed by atoms with Crippen LogP contribution in [-0.4, -0.2) is 60.5 Å². The van der Waals surface area contributed by atoms with E-state index in [1.807, 2.05) is 81.0 Å². The molecule has 5 rings (SSSR count). The minimum atomic E-state index is -0.506. The van der Waals surface area contributed by atoms with Crippen LogP contribution in [0.25, 0.3) is 22.5 Å². The molecule has 3 aromatic heterocycles. The van der Waals surface area contributed by atoms with E-state index >= 15 is 0 Å². The van der Waals surface area contributed by atoms with E-state index in [1.165, 1.54) is 0 Å². The number of likely N-dealkylation sites (tertiary alicyclic amines) is 1. The molecular weight excluding hydrogens is 482 g/mol. The number of nitrogens with one attached hydrogen (secondary N) is 1. The fourth-order valence-corrected chi connectivity index (χ4v) is 3.98. The topological polar surface area (TPSA) is 107 Å². The highest BCUT2D eigenvalue weighted by Crippen LogP contribution is 2.30. The highest BCUT2D eigenvalue weighted by molar-refractivity contribution is 5.78. The van der Waals surface area contributed by atoms with Crippen LogP contribution in [0.1, 0.15) is 27.7 Å². The second-order valence-electron chi connectivity index (χ2n) is 10.0. The van der Waals surface area contributed by atoms with Crippen LogP contribution in [0.15, 0.2) is 67.3 Å². The molecule has 10 nitrogen and oxygen atoms in total. The zero-order chi connectivity index (χ0) is 26.7. The van der Waals surface area contributed by atoms with Gasteiger partial charge in [-0.1, -0.05) is 0 Å². The van der Waals surface area contributed by atoms with E-state index in [2.05, 4.69) is 15.3 Å². The Morgan fingerprint density at radius 1 is 1.11 bits per heavy atom. The van der Waals surface area contributed by atoms with Crippen LogP contribution in [0.4, 0.5) is 16.4 Å². The number of aromatic nitrogens is 5. The lowest BCUT2D eigenvalue weighted by atomic mass is 10.1. The van der Waals surface area contributed by atoms with Crippen molar-refractivity contribution in [3.05, 3.63) is 67.3 Å². The number of anilines is 2. The Morgan fingerprint density at radius 2 is 1.89 bits per heavy atom. The SMILES string of the molecule is CCn1cc(-c2ccnc(Nc3ccc(OC4CN(C(=O)OC(C)(C)C)C4)cc3)n2)c(-c2cccnc2)n1. The van der Waals surface area contributed by atoms with Crippen LogP contribution in [0.2, 0.25) is 0 Å².